The summed E-state index contributed by atoms with van der Waals surface area (Å²) < 4.78 is 1.95. The molecule has 0 aliphatic carbocycles. The van der Waals surface area contributed by atoms with Gasteiger partial charge in [0.25, 0.3) is 0 Å². The van der Waals surface area contributed by atoms with Crippen LogP contribution >= 0.6 is 0 Å². The van der Waals surface area contributed by atoms with Gasteiger partial charge in [-0.3, -0.25) is 0 Å². The summed E-state index contributed by atoms with van der Waals surface area (Å²) in [6.07, 6.45) is 0.888. The molecule has 0 atom stereocenters. The molecule has 0 fully saturated rings. The van der Waals surface area contributed by atoms with Crippen LogP contribution in [0.4, 0.5) is 5.82 Å². The highest BCUT2D eigenvalue weighted by Gasteiger charge is 2.17. The van der Waals surface area contributed by atoms with E-state index in [-0.39, 0.29) is 0 Å². The third-order valence-electron chi connectivity index (χ3n) is 3.63. The molecule has 3 aromatic rings. The molecule has 4 heteroatoms. The molecule has 0 aliphatic heterocycles. The lowest BCUT2D eigenvalue weighted by Crippen LogP contribution is -2.14. The van der Waals surface area contributed by atoms with Crippen LogP contribution in [-0.4, -0.2) is 28.7 Å². The van der Waals surface area contributed by atoms with Gasteiger partial charge < -0.3 is 4.90 Å². The van der Waals surface area contributed by atoms with E-state index in [0.717, 1.165) is 34.8 Å². The number of rotatable bonds is 3. The first-order chi connectivity index (χ1) is 10.1. The summed E-state index contributed by atoms with van der Waals surface area (Å²) in [6.45, 7) is 4.16. The Hall–Kier alpha value is -2.36. The predicted molar refractivity (Wildman–Crippen MR) is 86.9 cm³/mol. The van der Waals surface area contributed by atoms with Gasteiger partial charge in [0.15, 0.2) is 5.65 Å². The molecule has 1 aromatic carbocycles. The minimum atomic E-state index is 0.888. The van der Waals surface area contributed by atoms with Crippen LogP contribution in [0, 0.1) is 6.92 Å². The fraction of sp³-hybridized carbons (Fsp3) is 0.294. The Labute approximate surface area is 125 Å². The average molecular weight is 280 g/mol. The van der Waals surface area contributed by atoms with Crippen LogP contribution in [0.25, 0.3) is 16.8 Å². The Morgan fingerprint density at radius 2 is 1.86 bits per heavy atom. The lowest BCUT2D eigenvalue weighted by molar-refractivity contribution is 0.857. The van der Waals surface area contributed by atoms with Gasteiger partial charge in [0, 0.05) is 31.4 Å². The fourth-order valence-corrected chi connectivity index (χ4v) is 2.63. The standard InChI is InChI=1S/C17H20N4/c1-5-14-16(13-9-7-6-8-10-13)17-18-12(2)11-15(20(3)4)21(17)19-14/h6-11H,5H2,1-4H3. The number of hydrogen-bond donors (Lipinski definition) is 0. The Bertz CT molecular complexity index is 772. The molecular weight excluding hydrogens is 260 g/mol. The number of hydrogen-bond acceptors (Lipinski definition) is 3. The van der Waals surface area contributed by atoms with Gasteiger partial charge in [-0.2, -0.15) is 9.61 Å². The molecule has 0 spiro atoms. The first kappa shape index (κ1) is 13.6. The zero-order chi connectivity index (χ0) is 15.0. The van der Waals surface area contributed by atoms with E-state index < -0.39 is 0 Å². The van der Waals surface area contributed by atoms with Crippen LogP contribution < -0.4 is 4.90 Å². The van der Waals surface area contributed by atoms with Crippen molar-refractivity contribution in [2.45, 2.75) is 20.3 Å². The molecule has 21 heavy (non-hydrogen) atoms. The van der Waals surface area contributed by atoms with Crippen LogP contribution in [0.15, 0.2) is 36.4 Å². The van der Waals surface area contributed by atoms with Crippen LogP contribution in [0.2, 0.25) is 0 Å². The zero-order valence-corrected chi connectivity index (χ0v) is 13.0. The third-order valence-corrected chi connectivity index (χ3v) is 3.63. The van der Waals surface area contributed by atoms with Gasteiger partial charge in [0.05, 0.1) is 5.69 Å². The van der Waals surface area contributed by atoms with Crippen LogP contribution in [0.5, 0.6) is 0 Å². The summed E-state index contributed by atoms with van der Waals surface area (Å²) in [5.41, 5.74) is 5.34. The van der Waals surface area contributed by atoms with E-state index in [2.05, 4.69) is 42.2 Å². The fourth-order valence-electron chi connectivity index (χ4n) is 2.63. The summed E-state index contributed by atoms with van der Waals surface area (Å²) in [5.74, 6) is 1.05. The number of nitrogens with zero attached hydrogens (tertiary/aromatic N) is 4. The van der Waals surface area contributed by atoms with E-state index >= 15 is 0 Å². The molecule has 0 amide bonds. The van der Waals surface area contributed by atoms with Crippen LogP contribution in [0.3, 0.4) is 0 Å². The van der Waals surface area contributed by atoms with Crippen molar-refractivity contribution in [3.63, 3.8) is 0 Å². The minimum absolute atomic E-state index is 0.888. The maximum atomic E-state index is 4.78. The smallest absolute Gasteiger partial charge is 0.165 e. The molecule has 0 aliphatic rings. The summed E-state index contributed by atoms with van der Waals surface area (Å²) in [6, 6.07) is 12.5. The number of benzene rings is 1. The number of anilines is 1. The molecule has 0 N–H and O–H groups in total. The van der Waals surface area contributed by atoms with Crippen molar-refractivity contribution in [1.29, 1.82) is 0 Å². The summed E-state index contributed by atoms with van der Waals surface area (Å²) in [7, 11) is 4.06. The largest absolute Gasteiger partial charge is 0.363 e. The van der Waals surface area contributed by atoms with E-state index in [9.17, 15) is 0 Å². The first-order valence-corrected chi connectivity index (χ1v) is 7.23. The highest BCUT2D eigenvalue weighted by atomic mass is 15.3. The highest BCUT2D eigenvalue weighted by Crippen LogP contribution is 2.30. The second-order valence-electron chi connectivity index (χ2n) is 5.43. The number of fused-ring (bicyclic) bond motifs is 1. The molecule has 108 valence electrons. The van der Waals surface area contributed by atoms with Gasteiger partial charge in [0.1, 0.15) is 5.82 Å². The minimum Gasteiger partial charge on any atom is -0.363 e. The predicted octanol–water partition coefficient (Wildman–Crippen LogP) is 3.33. The van der Waals surface area contributed by atoms with Crippen LogP contribution in [0.1, 0.15) is 18.3 Å². The van der Waals surface area contributed by atoms with Crippen LogP contribution in [-0.2, 0) is 6.42 Å². The SMILES string of the molecule is CCc1nn2c(N(C)C)cc(C)nc2c1-c1ccccc1. The third kappa shape index (κ3) is 2.27. The maximum Gasteiger partial charge on any atom is 0.165 e. The molecule has 2 heterocycles. The van der Waals surface area contributed by atoms with Gasteiger partial charge in [-0.05, 0) is 18.9 Å². The van der Waals surface area contributed by atoms with Crippen molar-refractivity contribution in [1.82, 2.24) is 14.6 Å². The lowest BCUT2D eigenvalue weighted by Gasteiger charge is -2.14. The van der Waals surface area contributed by atoms with E-state index in [1.807, 2.05) is 31.6 Å². The van der Waals surface area contributed by atoms with E-state index in [1.54, 1.807) is 0 Å². The first-order valence-electron chi connectivity index (χ1n) is 7.23. The molecule has 0 unspecified atom stereocenters. The normalized spacial score (nSPS) is 11.0. The van der Waals surface area contributed by atoms with Crippen molar-refractivity contribution in [3.8, 4) is 11.1 Å². The quantitative estimate of drug-likeness (QED) is 0.738. The Morgan fingerprint density at radius 3 is 2.48 bits per heavy atom. The van der Waals surface area contributed by atoms with Crippen molar-refractivity contribution >= 4 is 11.5 Å². The summed E-state index contributed by atoms with van der Waals surface area (Å²) in [4.78, 5) is 6.81. The molecule has 4 nitrogen and oxygen atoms in total. The molecule has 2 aromatic heterocycles. The number of aromatic nitrogens is 3. The Kier molecular flexibility index (Phi) is 3.37. The van der Waals surface area contributed by atoms with Crippen molar-refractivity contribution < 1.29 is 0 Å². The number of aryl methyl sites for hydroxylation is 2. The van der Waals surface area contributed by atoms with Crippen molar-refractivity contribution in [2.75, 3.05) is 19.0 Å². The molecule has 0 saturated carbocycles. The van der Waals surface area contributed by atoms with Crippen molar-refractivity contribution in [3.05, 3.63) is 47.8 Å². The molecular formula is C17H20N4. The maximum absolute atomic E-state index is 4.78. The Balaban J connectivity index is 2.38. The molecule has 0 saturated heterocycles. The van der Waals surface area contributed by atoms with Gasteiger partial charge >= 0.3 is 0 Å². The second kappa shape index (κ2) is 5.20. The summed E-state index contributed by atoms with van der Waals surface area (Å²) >= 11 is 0. The zero-order valence-electron chi connectivity index (χ0n) is 13.0. The van der Waals surface area contributed by atoms with Gasteiger partial charge in [-0.1, -0.05) is 37.3 Å². The molecule has 0 radical (unpaired) electrons. The Morgan fingerprint density at radius 1 is 1.14 bits per heavy atom. The van der Waals surface area contributed by atoms with Gasteiger partial charge in [0.2, 0.25) is 0 Å². The monoisotopic (exact) mass is 280 g/mol. The van der Waals surface area contributed by atoms with Gasteiger partial charge in [-0.15, -0.1) is 0 Å². The second-order valence-corrected chi connectivity index (χ2v) is 5.43. The summed E-state index contributed by atoms with van der Waals surface area (Å²) in [5, 5.41) is 4.78. The lowest BCUT2D eigenvalue weighted by atomic mass is 10.0. The van der Waals surface area contributed by atoms with E-state index in [4.69, 9.17) is 10.1 Å². The van der Waals surface area contributed by atoms with Gasteiger partial charge in [-0.25, -0.2) is 4.98 Å². The van der Waals surface area contributed by atoms with E-state index in [0.29, 0.717) is 0 Å². The highest BCUT2D eigenvalue weighted by molar-refractivity contribution is 5.81. The topological polar surface area (TPSA) is 33.4 Å². The average Bonchev–Trinajstić information content (AvgIpc) is 2.85. The van der Waals surface area contributed by atoms with Crippen molar-refractivity contribution in [2.24, 2.45) is 0 Å². The molecule has 3 rings (SSSR count). The molecule has 0 bridgehead atoms. The van der Waals surface area contributed by atoms with E-state index in [1.165, 1.54) is 5.56 Å².